The van der Waals surface area contributed by atoms with E-state index in [9.17, 15) is 16.8 Å². The zero-order valence-electron chi connectivity index (χ0n) is 20.5. The molecule has 7 nitrogen and oxygen atoms in total. The Hall–Kier alpha value is -3.37. The lowest BCUT2D eigenvalue weighted by molar-refractivity contribution is 0.397. The molecule has 0 N–H and O–H groups in total. The molecule has 0 radical (unpaired) electrons. The number of pyridine rings is 1. The van der Waals surface area contributed by atoms with Crippen LogP contribution in [0.2, 0.25) is 0 Å². The first-order valence-corrected chi connectivity index (χ1v) is 14.8. The van der Waals surface area contributed by atoms with Crippen LogP contribution in [0.15, 0.2) is 119 Å². The second-order valence-corrected chi connectivity index (χ2v) is 12.3. The van der Waals surface area contributed by atoms with E-state index in [0.717, 1.165) is 11.1 Å². The molecule has 0 fully saturated rings. The SMILES string of the molecule is CCN(Cc1ccccc1)S(=O)(=O)c1ccc(S(=O)(=O)N(Cc2ccccc2)Cc2ccccn2)cc1. The zero-order valence-corrected chi connectivity index (χ0v) is 22.1. The molecular formula is C28H29N3O4S2. The van der Waals surface area contributed by atoms with Crippen LogP contribution in [0.1, 0.15) is 23.7 Å². The highest BCUT2D eigenvalue weighted by Gasteiger charge is 2.28. The minimum absolute atomic E-state index is 0.0180. The Morgan fingerprint density at radius 2 is 1.03 bits per heavy atom. The predicted octanol–water partition coefficient (Wildman–Crippen LogP) is 4.68. The molecule has 192 valence electrons. The molecular weight excluding hydrogens is 506 g/mol. The third kappa shape index (κ3) is 6.50. The number of nitrogens with zero attached hydrogens (tertiary/aromatic N) is 3. The Balaban J connectivity index is 1.61. The normalized spacial score (nSPS) is 12.2. The first-order valence-electron chi connectivity index (χ1n) is 11.9. The summed E-state index contributed by atoms with van der Waals surface area (Å²) >= 11 is 0. The molecule has 1 heterocycles. The molecule has 0 aliphatic carbocycles. The van der Waals surface area contributed by atoms with Crippen molar-refractivity contribution in [3.63, 3.8) is 0 Å². The fourth-order valence-corrected chi connectivity index (χ4v) is 6.76. The second-order valence-electron chi connectivity index (χ2n) is 8.47. The summed E-state index contributed by atoms with van der Waals surface area (Å²) in [6.07, 6.45) is 1.62. The van der Waals surface area contributed by atoms with E-state index < -0.39 is 20.0 Å². The van der Waals surface area contributed by atoms with Gasteiger partial charge in [-0.05, 0) is 47.5 Å². The molecule has 4 aromatic rings. The van der Waals surface area contributed by atoms with Gasteiger partial charge in [0, 0.05) is 25.8 Å². The van der Waals surface area contributed by atoms with Crippen molar-refractivity contribution >= 4 is 20.0 Å². The van der Waals surface area contributed by atoms with Gasteiger partial charge in [-0.1, -0.05) is 73.7 Å². The Bertz CT molecular complexity index is 1450. The number of hydrogen-bond donors (Lipinski definition) is 0. The van der Waals surface area contributed by atoms with Crippen LogP contribution >= 0.6 is 0 Å². The van der Waals surface area contributed by atoms with E-state index >= 15 is 0 Å². The van der Waals surface area contributed by atoms with Crippen LogP contribution in [-0.4, -0.2) is 37.0 Å². The van der Waals surface area contributed by atoms with Crippen molar-refractivity contribution in [3.05, 3.63) is 126 Å². The smallest absolute Gasteiger partial charge is 0.243 e. The van der Waals surface area contributed by atoms with Crippen molar-refractivity contribution in [3.8, 4) is 0 Å². The minimum atomic E-state index is -3.95. The molecule has 37 heavy (non-hydrogen) atoms. The van der Waals surface area contributed by atoms with Crippen molar-refractivity contribution in [1.29, 1.82) is 0 Å². The summed E-state index contributed by atoms with van der Waals surface area (Å²) in [5.74, 6) is 0. The monoisotopic (exact) mass is 535 g/mol. The second kappa shape index (κ2) is 11.8. The molecule has 4 rings (SSSR count). The lowest BCUT2D eigenvalue weighted by Gasteiger charge is -2.23. The number of rotatable bonds is 11. The molecule has 0 aliphatic rings. The molecule has 0 aliphatic heterocycles. The summed E-state index contributed by atoms with van der Waals surface area (Å²) in [6, 6.07) is 29.4. The van der Waals surface area contributed by atoms with Crippen LogP contribution in [-0.2, 0) is 39.7 Å². The minimum Gasteiger partial charge on any atom is -0.260 e. The number of benzene rings is 3. The summed E-state index contributed by atoms with van der Waals surface area (Å²) in [5, 5.41) is 0. The van der Waals surface area contributed by atoms with Crippen molar-refractivity contribution in [2.24, 2.45) is 0 Å². The van der Waals surface area contributed by atoms with Crippen LogP contribution < -0.4 is 0 Å². The lowest BCUT2D eigenvalue weighted by atomic mass is 10.2. The quantitative estimate of drug-likeness (QED) is 0.278. The summed E-state index contributed by atoms with van der Waals surface area (Å²) in [7, 11) is -7.76. The number of aromatic nitrogens is 1. The predicted molar refractivity (Wildman–Crippen MR) is 143 cm³/mol. The van der Waals surface area contributed by atoms with Gasteiger partial charge in [0.05, 0.1) is 22.0 Å². The maximum Gasteiger partial charge on any atom is 0.243 e. The van der Waals surface area contributed by atoms with Gasteiger partial charge in [-0.3, -0.25) is 4.98 Å². The van der Waals surface area contributed by atoms with E-state index in [2.05, 4.69) is 4.98 Å². The van der Waals surface area contributed by atoms with Crippen LogP contribution in [0, 0.1) is 0 Å². The van der Waals surface area contributed by atoms with Crippen molar-refractivity contribution in [2.45, 2.75) is 36.3 Å². The van der Waals surface area contributed by atoms with Crippen LogP contribution in [0.3, 0.4) is 0 Å². The Morgan fingerprint density at radius 3 is 1.49 bits per heavy atom. The van der Waals surface area contributed by atoms with Gasteiger partial charge in [0.1, 0.15) is 0 Å². The van der Waals surface area contributed by atoms with E-state index in [1.165, 1.54) is 32.9 Å². The highest BCUT2D eigenvalue weighted by Crippen LogP contribution is 2.24. The van der Waals surface area contributed by atoms with E-state index in [0.29, 0.717) is 5.69 Å². The van der Waals surface area contributed by atoms with Gasteiger partial charge in [-0.15, -0.1) is 0 Å². The van der Waals surface area contributed by atoms with Crippen molar-refractivity contribution < 1.29 is 16.8 Å². The van der Waals surface area contributed by atoms with Crippen molar-refractivity contribution in [2.75, 3.05) is 6.54 Å². The topological polar surface area (TPSA) is 87.7 Å². The highest BCUT2D eigenvalue weighted by atomic mass is 32.2. The Morgan fingerprint density at radius 1 is 0.568 bits per heavy atom. The zero-order chi connectivity index (χ0) is 26.3. The third-order valence-corrected chi connectivity index (χ3v) is 9.66. The van der Waals surface area contributed by atoms with Gasteiger partial charge < -0.3 is 0 Å². The molecule has 0 unspecified atom stereocenters. The van der Waals surface area contributed by atoms with Gasteiger partial charge in [0.15, 0.2) is 0 Å². The summed E-state index contributed by atoms with van der Waals surface area (Å²) < 4.78 is 56.7. The molecule has 0 saturated carbocycles. The third-order valence-electron chi connectivity index (χ3n) is 5.92. The average molecular weight is 536 g/mol. The van der Waals surface area contributed by atoms with Gasteiger partial charge in [0.25, 0.3) is 0 Å². The molecule has 0 saturated heterocycles. The fraction of sp³-hybridized carbons (Fsp3) is 0.179. The van der Waals surface area contributed by atoms with Gasteiger partial charge in [-0.25, -0.2) is 16.8 Å². The summed E-state index contributed by atoms with van der Waals surface area (Å²) in [6.45, 7) is 2.53. The Kier molecular flexibility index (Phi) is 8.50. The highest BCUT2D eigenvalue weighted by molar-refractivity contribution is 7.89. The maximum absolute atomic E-state index is 13.7. The van der Waals surface area contributed by atoms with Gasteiger partial charge >= 0.3 is 0 Å². The number of sulfonamides is 2. The maximum atomic E-state index is 13.7. The molecule has 0 bridgehead atoms. The molecule has 9 heteroatoms. The van der Waals surface area contributed by atoms with Gasteiger partial charge in [-0.2, -0.15) is 8.61 Å². The largest absolute Gasteiger partial charge is 0.260 e. The first-order chi connectivity index (χ1) is 17.8. The lowest BCUT2D eigenvalue weighted by Crippen LogP contribution is -2.31. The molecule has 0 amide bonds. The standard InChI is InChI=1S/C28H29N3O4S2/c1-2-30(21-24-11-5-3-6-12-24)36(32,33)27-16-18-28(19-17-27)37(34,35)31(22-25-13-7-4-8-14-25)23-26-15-9-10-20-29-26/h3-20H,2,21-23H2,1H3. The van der Waals surface area contributed by atoms with Crippen LogP contribution in [0.5, 0.6) is 0 Å². The first kappa shape index (κ1) is 26.7. The molecule has 0 atom stereocenters. The van der Waals surface area contributed by atoms with Crippen LogP contribution in [0.25, 0.3) is 0 Å². The Labute approximate surface area is 219 Å². The van der Waals surface area contributed by atoms with E-state index in [-0.39, 0.29) is 36.0 Å². The van der Waals surface area contributed by atoms with Gasteiger partial charge in [0.2, 0.25) is 20.0 Å². The van der Waals surface area contributed by atoms with Crippen molar-refractivity contribution in [1.82, 2.24) is 13.6 Å². The molecule has 3 aromatic carbocycles. The summed E-state index contributed by atoms with van der Waals surface area (Å²) in [5.41, 5.74) is 2.32. The fourth-order valence-electron chi connectivity index (χ4n) is 3.92. The number of hydrogen-bond acceptors (Lipinski definition) is 5. The van der Waals surface area contributed by atoms with E-state index in [4.69, 9.17) is 0 Å². The van der Waals surface area contributed by atoms with Crippen LogP contribution in [0.4, 0.5) is 0 Å². The summed E-state index contributed by atoms with van der Waals surface area (Å²) in [4.78, 5) is 4.35. The molecule has 1 aromatic heterocycles. The molecule has 0 spiro atoms. The average Bonchev–Trinajstić information content (AvgIpc) is 2.93. The van der Waals surface area contributed by atoms with E-state index in [1.807, 2.05) is 66.7 Å². The van der Waals surface area contributed by atoms with E-state index in [1.54, 1.807) is 25.3 Å².